The first kappa shape index (κ1) is 24.9. The van der Waals surface area contributed by atoms with Gasteiger partial charge in [-0.1, -0.05) is 48.9 Å². The number of ketones is 1. The first-order valence-electron chi connectivity index (χ1n) is 11.5. The van der Waals surface area contributed by atoms with Gasteiger partial charge in [0.15, 0.2) is 5.78 Å². The molecule has 36 heavy (non-hydrogen) atoms. The summed E-state index contributed by atoms with van der Waals surface area (Å²) in [5.74, 6) is -0.569. The van der Waals surface area contributed by atoms with Gasteiger partial charge in [-0.25, -0.2) is 0 Å². The maximum absolute atomic E-state index is 13.7. The van der Waals surface area contributed by atoms with Crippen LogP contribution in [0.25, 0.3) is 21.9 Å². The lowest BCUT2D eigenvalue weighted by molar-refractivity contribution is 0.0943. The van der Waals surface area contributed by atoms with Crippen molar-refractivity contribution in [2.24, 2.45) is 7.05 Å². The molecule has 4 aromatic rings. The van der Waals surface area contributed by atoms with E-state index in [1.54, 1.807) is 38.2 Å². The molecule has 0 unspecified atom stereocenters. The maximum atomic E-state index is 13.7. The number of rotatable bonds is 8. The van der Waals surface area contributed by atoms with Crippen molar-refractivity contribution in [3.05, 3.63) is 87.1 Å². The summed E-state index contributed by atoms with van der Waals surface area (Å²) < 4.78 is 2.85. The van der Waals surface area contributed by atoms with Crippen LogP contribution >= 0.6 is 11.6 Å². The molecular formula is C27H24ClN5O3. The number of nitriles is 1. The minimum atomic E-state index is -0.373. The summed E-state index contributed by atoms with van der Waals surface area (Å²) in [6, 6.07) is 18.0. The topological polar surface area (TPSA) is 110 Å². The third-order valence-electron chi connectivity index (χ3n) is 5.89. The van der Waals surface area contributed by atoms with Crippen molar-refractivity contribution in [2.75, 3.05) is 6.54 Å². The molecule has 0 aliphatic carbocycles. The third kappa shape index (κ3) is 4.79. The Labute approximate surface area is 212 Å². The number of aryl methyl sites for hydroxylation is 1. The lowest BCUT2D eigenvalue weighted by atomic mass is 9.94. The van der Waals surface area contributed by atoms with Crippen LogP contribution in [-0.4, -0.2) is 32.6 Å². The van der Waals surface area contributed by atoms with Gasteiger partial charge in [0, 0.05) is 36.0 Å². The molecule has 1 N–H and O–H groups in total. The van der Waals surface area contributed by atoms with Crippen LogP contribution in [0.5, 0.6) is 0 Å². The molecule has 4 rings (SSSR count). The molecule has 0 saturated carbocycles. The van der Waals surface area contributed by atoms with Crippen LogP contribution < -0.4 is 10.9 Å². The highest BCUT2D eigenvalue weighted by Crippen LogP contribution is 2.33. The number of amides is 1. The van der Waals surface area contributed by atoms with Crippen molar-refractivity contribution in [1.82, 2.24) is 19.7 Å². The monoisotopic (exact) mass is 501 g/mol. The highest BCUT2D eigenvalue weighted by atomic mass is 35.5. The number of halogens is 1. The quantitative estimate of drug-likeness (QED) is 0.285. The number of nitrogens with one attached hydrogen (secondary N) is 1. The van der Waals surface area contributed by atoms with Gasteiger partial charge in [0.25, 0.3) is 11.5 Å². The van der Waals surface area contributed by atoms with Gasteiger partial charge in [0.05, 0.1) is 30.4 Å². The summed E-state index contributed by atoms with van der Waals surface area (Å²) in [5, 5.41) is 17.3. The average Bonchev–Trinajstić information content (AvgIpc) is 3.25. The second-order valence-corrected chi connectivity index (χ2v) is 8.69. The van der Waals surface area contributed by atoms with Gasteiger partial charge < -0.3 is 5.32 Å². The number of carbonyl (C=O) groups excluding carboxylic acids is 2. The summed E-state index contributed by atoms with van der Waals surface area (Å²) in [7, 11) is 1.63. The summed E-state index contributed by atoms with van der Waals surface area (Å²) in [5.41, 5.74) is 2.08. The zero-order valence-corrected chi connectivity index (χ0v) is 20.7. The van der Waals surface area contributed by atoms with E-state index >= 15 is 0 Å². The number of fused-ring (bicyclic) bond motifs is 1. The van der Waals surface area contributed by atoms with Gasteiger partial charge in [-0.05, 0) is 35.2 Å². The van der Waals surface area contributed by atoms with Crippen LogP contribution in [0.4, 0.5) is 0 Å². The average molecular weight is 502 g/mol. The van der Waals surface area contributed by atoms with Crippen LogP contribution in [0.1, 0.15) is 46.4 Å². The van der Waals surface area contributed by atoms with E-state index in [0.717, 1.165) is 5.56 Å². The van der Waals surface area contributed by atoms with Crippen LogP contribution in [0.2, 0.25) is 5.02 Å². The van der Waals surface area contributed by atoms with Gasteiger partial charge in [0.1, 0.15) is 5.69 Å². The molecule has 0 atom stereocenters. The Hall–Kier alpha value is -4.22. The fourth-order valence-electron chi connectivity index (χ4n) is 4.23. The van der Waals surface area contributed by atoms with E-state index in [1.807, 2.05) is 36.4 Å². The number of hydrogen-bond donors (Lipinski definition) is 1. The fraction of sp³-hybridized carbons (Fsp3) is 0.222. The maximum Gasteiger partial charge on any atom is 0.269 e. The molecule has 8 nitrogen and oxygen atoms in total. The van der Waals surface area contributed by atoms with Crippen LogP contribution in [0.15, 0.2) is 59.4 Å². The van der Waals surface area contributed by atoms with Crippen LogP contribution in [0.3, 0.4) is 0 Å². The lowest BCUT2D eigenvalue weighted by Crippen LogP contribution is -2.28. The fourth-order valence-corrected chi connectivity index (χ4v) is 4.40. The van der Waals surface area contributed by atoms with Gasteiger partial charge in [-0.3, -0.25) is 23.6 Å². The number of hydrogen-bond acceptors (Lipinski definition) is 5. The van der Waals surface area contributed by atoms with E-state index < -0.39 is 0 Å². The molecule has 182 valence electrons. The molecule has 2 aromatic carbocycles. The van der Waals surface area contributed by atoms with Crippen molar-refractivity contribution >= 4 is 34.1 Å². The predicted octanol–water partition coefficient (Wildman–Crippen LogP) is 4.34. The summed E-state index contributed by atoms with van der Waals surface area (Å²) >= 11 is 6.30. The number of aromatic nitrogens is 3. The van der Waals surface area contributed by atoms with Crippen LogP contribution in [-0.2, 0) is 13.6 Å². The molecule has 0 fully saturated rings. The summed E-state index contributed by atoms with van der Waals surface area (Å²) in [6.07, 6.45) is 0.387. The van der Waals surface area contributed by atoms with Crippen molar-refractivity contribution in [3.8, 4) is 17.2 Å². The van der Waals surface area contributed by atoms with Crippen LogP contribution in [0, 0.1) is 11.3 Å². The first-order chi connectivity index (χ1) is 17.3. The molecule has 0 saturated heterocycles. The van der Waals surface area contributed by atoms with Crippen molar-refractivity contribution in [3.63, 3.8) is 0 Å². The molecule has 0 aliphatic heterocycles. The van der Waals surface area contributed by atoms with E-state index in [1.165, 1.54) is 9.25 Å². The van der Waals surface area contributed by atoms with Crippen molar-refractivity contribution < 1.29 is 9.59 Å². The standard InChI is InChI=1S/C27H24ClN5O3/c1-3-23(34)25-24(17-8-5-4-6-9-17)21-14-18(28)10-11-20(21)27(36)33(25)16-19-15-22(32(2)31-19)26(35)30-13-7-12-29/h4-6,8-11,14-15H,3,7,13,16H2,1-2H3,(H,30,35). The normalized spacial score (nSPS) is 10.8. The van der Waals surface area contributed by atoms with E-state index in [-0.39, 0.29) is 54.6 Å². The largest absolute Gasteiger partial charge is 0.350 e. The Morgan fingerprint density at radius 3 is 2.56 bits per heavy atom. The Morgan fingerprint density at radius 2 is 1.86 bits per heavy atom. The highest BCUT2D eigenvalue weighted by Gasteiger charge is 2.24. The van der Waals surface area contributed by atoms with E-state index in [9.17, 15) is 14.4 Å². The van der Waals surface area contributed by atoms with E-state index in [0.29, 0.717) is 27.1 Å². The second-order valence-electron chi connectivity index (χ2n) is 8.26. The first-order valence-corrected chi connectivity index (χ1v) is 11.9. The molecule has 2 aromatic heterocycles. The zero-order chi connectivity index (χ0) is 25.8. The summed E-state index contributed by atoms with van der Waals surface area (Å²) in [4.78, 5) is 39.5. The van der Waals surface area contributed by atoms with Crippen molar-refractivity contribution in [2.45, 2.75) is 26.3 Å². The number of carbonyl (C=O) groups is 2. The summed E-state index contributed by atoms with van der Waals surface area (Å²) in [6.45, 7) is 1.97. The second kappa shape index (κ2) is 10.6. The zero-order valence-electron chi connectivity index (χ0n) is 19.9. The molecule has 0 spiro atoms. The van der Waals surface area contributed by atoms with Gasteiger partial charge in [-0.15, -0.1) is 0 Å². The Balaban J connectivity index is 1.92. The molecular weight excluding hydrogens is 478 g/mol. The Bertz CT molecular complexity index is 1560. The number of Topliss-reactive ketones (excluding diaryl/α,β-unsaturated/α-hetero) is 1. The van der Waals surface area contributed by atoms with Gasteiger partial charge in [-0.2, -0.15) is 10.4 Å². The Morgan fingerprint density at radius 1 is 1.11 bits per heavy atom. The molecule has 0 radical (unpaired) electrons. The number of nitrogens with zero attached hydrogens (tertiary/aromatic N) is 4. The predicted molar refractivity (Wildman–Crippen MR) is 138 cm³/mol. The number of benzene rings is 2. The third-order valence-corrected chi connectivity index (χ3v) is 6.12. The van der Waals surface area contributed by atoms with Crippen molar-refractivity contribution in [1.29, 1.82) is 5.26 Å². The van der Waals surface area contributed by atoms with Gasteiger partial charge in [0.2, 0.25) is 0 Å². The molecule has 1 amide bonds. The molecule has 9 heteroatoms. The minimum Gasteiger partial charge on any atom is -0.350 e. The smallest absolute Gasteiger partial charge is 0.269 e. The molecule has 0 aliphatic rings. The minimum absolute atomic E-state index is 0.00236. The SMILES string of the molecule is CCC(=O)c1c(-c2ccccc2)c2cc(Cl)ccc2c(=O)n1Cc1cc(C(=O)NCCC#N)n(C)n1. The highest BCUT2D eigenvalue weighted by molar-refractivity contribution is 6.31. The number of pyridine rings is 1. The van der Waals surface area contributed by atoms with E-state index in [4.69, 9.17) is 16.9 Å². The lowest BCUT2D eigenvalue weighted by Gasteiger charge is -2.19. The Kier molecular flexibility index (Phi) is 7.32. The van der Waals surface area contributed by atoms with Gasteiger partial charge >= 0.3 is 0 Å². The van der Waals surface area contributed by atoms with E-state index in [2.05, 4.69) is 10.4 Å². The molecule has 2 heterocycles. The molecule has 0 bridgehead atoms.